The molecule has 18 heavy (non-hydrogen) atoms. The quantitative estimate of drug-likeness (QED) is 0.664. The van der Waals surface area contributed by atoms with E-state index < -0.39 is 9.12 Å². The first kappa shape index (κ1) is 16.9. The summed E-state index contributed by atoms with van der Waals surface area (Å²) < 4.78 is 3.61. The lowest BCUT2D eigenvalue weighted by atomic mass is 10.3. The number of unbranched alkanes of at least 4 members (excludes halogenated alkanes) is 1. The van der Waals surface area contributed by atoms with E-state index in [2.05, 4.69) is 18.7 Å². The Morgan fingerprint density at radius 1 is 1.00 bits per heavy atom. The van der Waals surface area contributed by atoms with Gasteiger partial charge in [-0.1, -0.05) is 25.1 Å². The van der Waals surface area contributed by atoms with Crippen LogP contribution in [0.25, 0.3) is 0 Å². The van der Waals surface area contributed by atoms with Gasteiger partial charge in [-0.3, -0.25) is 9.59 Å². The van der Waals surface area contributed by atoms with E-state index in [1.165, 1.54) is 0 Å². The van der Waals surface area contributed by atoms with E-state index >= 15 is 0 Å². The van der Waals surface area contributed by atoms with Crippen molar-refractivity contribution in [2.75, 3.05) is 13.1 Å². The Hall–Kier alpha value is -1.10. The van der Waals surface area contributed by atoms with E-state index in [9.17, 15) is 9.59 Å². The summed E-state index contributed by atoms with van der Waals surface area (Å²) in [6.07, 6.45) is 4.15. The van der Waals surface area contributed by atoms with Crippen LogP contribution in [0.1, 0.15) is 47.5 Å². The van der Waals surface area contributed by atoms with E-state index in [4.69, 9.17) is 0 Å². The van der Waals surface area contributed by atoms with E-state index in [1.54, 1.807) is 13.8 Å². The smallest absolute Gasteiger partial charge is 0.332 e. The second-order valence-electron chi connectivity index (χ2n) is 4.08. The molecule has 0 unspecified atom stereocenters. The van der Waals surface area contributed by atoms with E-state index in [0.717, 1.165) is 12.8 Å². The zero-order valence-corrected chi connectivity index (χ0v) is 13.2. The standard InChI is InChI=1S/C13H25N2O2Si/c1-6-9-10-11-18(14(7-2)12(4)16)15(8-3)13(5)17/h10-11H,6-9H2,1-5H3. The maximum Gasteiger partial charge on any atom is 0.332 e. The Bertz CT molecular complexity index is 283. The van der Waals surface area contributed by atoms with Crippen LogP contribution in [-0.4, -0.2) is 43.2 Å². The lowest BCUT2D eigenvalue weighted by Gasteiger charge is -2.33. The summed E-state index contributed by atoms with van der Waals surface area (Å²) in [7, 11) is -1.41. The largest absolute Gasteiger partial charge is 0.348 e. The fraction of sp³-hybridized carbons (Fsp3) is 0.692. The topological polar surface area (TPSA) is 40.6 Å². The maximum absolute atomic E-state index is 11.7. The van der Waals surface area contributed by atoms with Gasteiger partial charge in [0.15, 0.2) is 0 Å². The number of rotatable bonds is 7. The lowest BCUT2D eigenvalue weighted by Crippen LogP contribution is -2.55. The summed E-state index contributed by atoms with van der Waals surface area (Å²) in [4.78, 5) is 23.3. The van der Waals surface area contributed by atoms with E-state index in [-0.39, 0.29) is 11.8 Å². The SMILES string of the molecule is CCCC=C[Si](N(CC)C(C)=O)N(CC)C(C)=O. The van der Waals surface area contributed by atoms with Crippen molar-refractivity contribution in [3.05, 3.63) is 11.8 Å². The number of allylic oxidation sites excluding steroid dienone is 1. The number of hydrogen-bond donors (Lipinski definition) is 0. The molecule has 5 heteroatoms. The van der Waals surface area contributed by atoms with Crippen molar-refractivity contribution in [3.8, 4) is 0 Å². The molecule has 1 radical (unpaired) electrons. The molecule has 0 saturated carbocycles. The third-order valence-electron chi connectivity index (χ3n) is 2.67. The molecule has 4 nitrogen and oxygen atoms in total. The maximum atomic E-state index is 11.7. The van der Waals surface area contributed by atoms with Crippen LogP contribution in [-0.2, 0) is 9.59 Å². The minimum atomic E-state index is -1.41. The van der Waals surface area contributed by atoms with Crippen LogP contribution in [0.5, 0.6) is 0 Å². The Morgan fingerprint density at radius 3 is 1.72 bits per heavy atom. The average Bonchev–Trinajstić information content (AvgIpc) is 2.29. The minimum Gasteiger partial charge on any atom is -0.348 e. The summed E-state index contributed by atoms with van der Waals surface area (Å²) >= 11 is 0. The molecule has 0 fully saturated rings. The van der Waals surface area contributed by atoms with Gasteiger partial charge in [-0.2, -0.15) is 0 Å². The summed E-state index contributed by atoms with van der Waals surface area (Å²) in [5.41, 5.74) is 2.06. The molecule has 0 aliphatic carbocycles. The number of amides is 2. The van der Waals surface area contributed by atoms with Gasteiger partial charge in [-0.25, -0.2) is 0 Å². The van der Waals surface area contributed by atoms with E-state index in [1.807, 2.05) is 23.0 Å². The molecule has 0 atom stereocenters. The van der Waals surface area contributed by atoms with Crippen molar-refractivity contribution >= 4 is 20.9 Å². The average molecular weight is 269 g/mol. The Morgan fingerprint density at radius 2 is 1.44 bits per heavy atom. The molecule has 0 aliphatic heterocycles. The first-order chi connectivity index (χ1) is 8.49. The van der Waals surface area contributed by atoms with Gasteiger partial charge in [-0.15, -0.1) is 0 Å². The lowest BCUT2D eigenvalue weighted by molar-refractivity contribution is -0.126. The molecule has 0 aromatic rings. The van der Waals surface area contributed by atoms with Crippen LogP contribution in [0.2, 0.25) is 0 Å². The van der Waals surface area contributed by atoms with Gasteiger partial charge in [-0.05, 0) is 20.3 Å². The van der Waals surface area contributed by atoms with Crippen molar-refractivity contribution in [1.29, 1.82) is 0 Å². The van der Waals surface area contributed by atoms with Crippen LogP contribution in [0.3, 0.4) is 0 Å². The highest BCUT2D eigenvalue weighted by Crippen LogP contribution is 2.06. The first-order valence-corrected chi connectivity index (χ1v) is 8.06. The number of nitrogens with zero attached hydrogens (tertiary/aromatic N) is 2. The Kier molecular flexibility index (Phi) is 8.37. The monoisotopic (exact) mass is 269 g/mol. The van der Waals surface area contributed by atoms with Crippen molar-refractivity contribution in [1.82, 2.24) is 9.13 Å². The molecule has 0 aromatic heterocycles. The van der Waals surface area contributed by atoms with Crippen molar-refractivity contribution in [3.63, 3.8) is 0 Å². The zero-order valence-electron chi connectivity index (χ0n) is 12.2. The second-order valence-corrected chi connectivity index (χ2v) is 6.21. The number of hydrogen-bond acceptors (Lipinski definition) is 2. The summed E-state index contributed by atoms with van der Waals surface area (Å²) in [5, 5.41) is 0. The molecular weight excluding hydrogens is 244 g/mol. The minimum absolute atomic E-state index is 0.0345. The van der Waals surface area contributed by atoms with Crippen LogP contribution in [0, 0.1) is 0 Å². The Labute approximate surface area is 112 Å². The van der Waals surface area contributed by atoms with E-state index in [0.29, 0.717) is 13.1 Å². The molecule has 0 spiro atoms. The molecule has 0 bridgehead atoms. The third kappa shape index (κ3) is 5.04. The summed E-state index contributed by atoms with van der Waals surface area (Å²) in [6.45, 7) is 10.4. The summed E-state index contributed by atoms with van der Waals surface area (Å²) in [5.74, 6) is 0.0690. The molecule has 2 amide bonds. The van der Waals surface area contributed by atoms with Crippen molar-refractivity contribution in [2.24, 2.45) is 0 Å². The molecule has 0 heterocycles. The van der Waals surface area contributed by atoms with Crippen LogP contribution in [0.15, 0.2) is 11.8 Å². The molecule has 0 rings (SSSR count). The van der Waals surface area contributed by atoms with Gasteiger partial charge in [0.1, 0.15) is 0 Å². The summed E-state index contributed by atoms with van der Waals surface area (Å²) in [6, 6.07) is 0. The number of carbonyl (C=O) groups is 2. The van der Waals surface area contributed by atoms with Crippen LogP contribution in [0.4, 0.5) is 0 Å². The van der Waals surface area contributed by atoms with Gasteiger partial charge < -0.3 is 9.13 Å². The fourth-order valence-electron chi connectivity index (χ4n) is 1.77. The zero-order chi connectivity index (χ0) is 14.1. The molecular formula is C13H25N2O2Si. The normalized spacial score (nSPS) is 11.0. The second kappa shape index (κ2) is 8.91. The van der Waals surface area contributed by atoms with Crippen molar-refractivity contribution < 1.29 is 9.59 Å². The highest BCUT2D eigenvalue weighted by atomic mass is 28.3. The van der Waals surface area contributed by atoms with Gasteiger partial charge in [0.2, 0.25) is 11.8 Å². The Balaban J connectivity index is 5.12. The van der Waals surface area contributed by atoms with Crippen LogP contribution < -0.4 is 0 Å². The first-order valence-electron chi connectivity index (χ1n) is 6.59. The van der Waals surface area contributed by atoms with Gasteiger partial charge >= 0.3 is 9.12 Å². The third-order valence-corrected chi connectivity index (χ3v) is 5.57. The van der Waals surface area contributed by atoms with Crippen LogP contribution >= 0.6 is 0 Å². The molecule has 0 aliphatic rings. The number of carbonyl (C=O) groups excluding carboxylic acids is 2. The highest BCUT2D eigenvalue weighted by Gasteiger charge is 2.28. The fourth-order valence-corrected chi connectivity index (χ4v) is 4.10. The molecule has 0 N–H and O–H groups in total. The van der Waals surface area contributed by atoms with Gasteiger partial charge in [0.05, 0.1) is 0 Å². The molecule has 0 saturated heterocycles. The van der Waals surface area contributed by atoms with Gasteiger partial charge in [0.25, 0.3) is 0 Å². The predicted molar refractivity (Wildman–Crippen MR) is 75.9 cm³/mol. The predicted octanol–water partition coefficient (Wildman–Crippen LogP) is 2.11. The van der Waals surface area contributed by atoms with Crippen molar-refractivity contribution in [2.45, 2.75) is 47.5 Å². The highest BCUT2D eigenvalue weighted by molar-refractivity contribution is 6.63. The van der Waals surface area contributed by atoms with Gasteiger partial charge in [0, 0.05) is 26.9 Å². The molecule has 0 aromatic carbocycles. The molecule has 103 valence electrons.